The molecule has 2 unspecified atom stereocenters. The first-order valence-corrected chi connectivity index (χ1v) is 9.79. The van der Waals surface area contributed by atoms with Crippen molar-refractivity contribution in [2.24, 2.45) is 5.92 Å². The molecule has 0 spiro atoms. The van der Waals surface area contributed by atoms with Crippen molar-refractivity contribution in [1.82, 2.24) is 14.8 Å². The van der Waals surface area contributed by atoms with Gasteiger partial charge in [0.25, 0.3) is 0 Å². The number of piperidine rings is 1. The number of likely N-dealkylation sites (tertiary alicyclic amines) is 1. The second-order valence-electron chi connectivity index (χ2n) is 7.16. The van der Waals surface area contributed by atoms with Crippen LogP contribution in [0.4, 0.5) is 0 Å². The number of aryl methyl sites for hydroxylation is 2. The van der Waals surface area contributed by atoms with Crippen LogP contribution in [0.25, 0.3) is 0 Å². The van der Waals surface area contributed by atoms with Gasteiger partial charge in [0.2, 0.25) is 0 Å². The van der Waals surface area contributed by atoms with E-state index >= 15 is 0 Å². The van der Waals surface area contributed by atoms with E-state index in [9.17, 15) is 5.11 Å². The third-order valence-electron chi connectivity index (χ3n) is 5.06. The quantitative estimate of drug-likeness (QED) is 0.828. The lowest BCUT2D eigenvalue weighted by Crippen LogP contribution is -2.42. The van der Waals surface area contributed by atoms with Gasteiger partial charge in [0.15, 0.2) is 0 Å². The molecule has 1 saturated heterocycles. The maximum absolute atomic E-state index is 10.5. The molecular weight excluding hydrogens is 306 g/mol. The summed E-state index contributed by atoms with van der Waals surface area (Å²) in [6.07, 6.45) is 3.24. The van der Waals surface area contributed by atoms with Crippen molar-refractivity contribution in [2.45, 2.75) is 59.1 Å². The molecule has 1 aromatic heterocycles. The van der Waals surface area contributed by atoms with Crippen LogP contribution in [0.2, 0.25) is 0 Å². The molecule has 2 heterocycles. The molecule has 1 aliphatic heterocycles. The van der Waals surface area contributed by atoms with Crippen molar-refractivity contribution >= 4 is 11.3 Å². The number of hydrogen-bond donors (Lipinski definition) is 1. The number of aliphatic hydroxyl groups is 1. The largest absolute Gasteiger partial charge is 0.390 e. The summed E-state index contributed by atoms with van der Waals surface area (Å²) in [6, 6.07) is 0.309. The summed E-state index contributed by atoms with van der Waals surface area (Å²) in [5.74, 6) is 0.841. The zero-order valence-electron chi connectivity index (χ0n) is 15.4. The molecule has 2 atom stereocenters. The molecule has 132 valence electrons. The Kier molecular flexibility index (Phi) is 7.01. The molecule has 1 aromatic rings. The van der Waals surface area contributed by atoms with E-state index in [2.05, 4.69) is 49.5 Å². The summed E-state index contributed by atoms with van der Waals surface area (Å²) in [4.78, 5) is 10.6. The fourth-order valence-corrected chi connectivity index (χ4v) is 4.42. The maximum Gasteiger partial charge on any atom is 0.0928 e. The van der Waals surface area contributed by atoms with Crippen LogP contribution in [0.3, 0.4) is 0 Å². The Bertz CT molecular complexity index is 483. The number of thiazole rings is 1. The first-order chi connectivity index (χ1) is 10.9. The number of aromatic nitrogens is 1. The highest BCUT2D eigenvalue weighted by atomic mass is 32.1. The van der Waals surface area contributed by atoms with Gasteiger partial charge in [-0.2, -0.15) is 0 Å². The Morgan fingerprint density at radius 2 is 2.04 bits per heavy atom. The lowest BCUT2D eigenvalue weighted by molar-refractivity contribution is 0.0592. The predicted molar refractivity (Wildman–Crippen MR) is 98.1 cm³/mol. The standard InChI is InChI=1S/C18H33N3OS/c1-6-17-19-14(3)18(23-17)15(4)20(5)11-16(22)12-21-9-7-13(2)8-10-21/h13,15-16,22H,6-12H2,1-5H3. The summed E-state index contributed by atoms with van der Waals surface area (Å²) in [7, 11) is 2.11. The van der Waals surface area contributed by atoms with E-state index in [1.807, 2.05) is 11.3 Å². The SMILES string of the molecule is CCc1nc(C)c(C(C)N(C)CC(O)CN2CCC(C)CC2)s1. The Morgan fingerprint density at radius 1 is 1.39 bits per heavy atom. The summed E-state index contributed by atoms with van der Waals surface area (Å²) in [6.45, 7) is 12.6. The van der Waals surface area contributed by atoms with Gasteiger partial charge in [0.05, 0.1) is 16.8 Å². The van der Waals surface area contributed by atoms with Gasteiger partial charge in [-0.05, 0) is 59.2 Å². The molecular formula is C18H33N3OS. The van der Waals surface area contributed by atoms with E-state index in [1.54, 1.807) is 0 Å². The Labute approximate surface area is 145 Å². The minimum atomic E-state index is -0.283. The zero-order chi connectivity index (χ0) is 17.0. The van der Waals surface area contributed by atoms with E-state index in [0.717, 1.165) is 37.7 Å². The first-order valence-electron chi connectivity index (χ1n) is 8.97. The molecule has 2 rings (SSSR count). The van der Waals surface area contributed by atoms with Crippen molar-refractivity contribution < 1.29 is 5.11 Å². The van der Waals surface area contributed by atoms with Crippen molar-refractivity contribution in [2.75, 3.05) is 33.2 Å². The van der Waals surface area contributed by atoms with Crippen molar-refractivity contribution in [3.05, 3.63) is 15.6 Å². The van der Waals surface area contributed by atoms with E-state index in [-0.39, 0.29) is 6.10 Å². The summed E-state index contributed by atoms with van der Waals surface area (Å²) < 4.78 is 0. The smallest absolute Gasteiger partial charge is 0.0928 e. The highest BCUT2D eigenvalue weighted by Gasteiger charge is 2.22. The molecule has 1 fully saturated rings. The van der Waals surface area contributed by atoms with E-state index in [4.69, 9.17) is 0 Å². The van der Waals surface area contributed by atoms with Crippen LogP contribution in [0, 0.1) is 12.8 Å². The highest BCUT2D eigenvalue weighted by molar-refractivity contribution is 7.11. The lowest BCUT2D eigenvalue weighted by atomic mass is 9.99. The van der Waals surface area contributed by atoms with Gasteiger partial charge in [-0.15, -0.1) is 11.3 Å². The van der Waals surface area contributed by atoms with Gasteiger partial charge < -0.3 is 10.0 Å². The number of nitrogens with zero attached hydrogens (tertiary/aromatic N) is 3. The second kappa shape index (κ2) is 8.56. The first kappa shape index (κ1) is 18.8. The molecule has 0 aromatic carbocycles. The number of aliphatic hydroxyl groups excluding tert-OH is 1. The van der Waals surface area contributed by atoms with Crippen LogP contribution in [0.5, 0.6) is 0 Å². The van der Waals surface area contributed by atoms with Gasteiger partial charge >= 0.3 is 0 Å². The third-order valence-corrected chi connectivity index (χ3v) is 6.54. The predicted octanol–water partition coefficient (Wildman–Crippen LogP) is 3.10. The Morgan fingerprint density at radius 3 is 2.61 bits per heavy atom. The molecule has 23 heavy (non-hydrogen) atoms. The van der Waals surface area contributed by atoms with Crippen LogP contribution in [0.15, 0.2) is 0 Å². The van der Waals surface area contributed by atoms with Crippen LogP contribution in [0.1, 0.15) is 55.2 Å². The summed E-state index contributed by atoms with van der Waals surface area (Å²) in [5, 5.41) is 11.7. The molecule has 1 aliphatic rings. The van der Waals surface area contributed by atoms with E-state index in [0.29, 0.717) is 12.6 Å². The molecule has 0 amide bonds. The summed E-state index contributed by atoms with van der Waals surface area (Å²) >= 11 is 1.81. The number of hydrogen-bond acceptors (Lipinski definition) is 5. The van der Waals surface area contributed by atoms with Crippen LogP contribution < -0.4 is 0 Å². The monoisotopic (exact) mass is 339 g/mol. The number of β-amino-alcohol motifs (C(OH)–C–C–N with tert-alkyl or cyclic N) is 1. The Balaban J connectivity index is 1.84. The van der Waals surface area contributed by atoms with Gasteiger partial charge in [-0.25, -0.2) is 4.98 Å². The van der Waals surface area contributed by atoms with Crippen molar-refractivity contribution in [3.63, 3.8) is 0 Å². The zero-order valence-corrected chi connectivity index (χ0v) is 16.2. The van der Waals surface area contributed by atoms with Crippen LogP contribution in [-0.2, 0) is 6.42 Å². The van der Waals surface area contributed by atoms with Gasteiger partial charge in [0.1, 0.15) is 0 Å². The third kappa shape index (κ3) is 5.24. The minimum absolute atomic E-state index is 0.283. The lowest BCUT2D eigenvalue weighted by Gasteiger charge is -2.33. The average molecular weight is 340 g/mol. The second-order valence-corrected chi connectivity index (χ2v) is 8.28. The number of likely N-dealkylation sites (N-methyl/N-ethyl adjacent to an activating group) is 1. The fourth-order valence-electron chi connectivity index (χ4n) is 3.30. The van der Waals surface area contributed by atoms with E-state index in [1.165, 1.54) is 22.7 Å². The highest BCUT2D eigenvalue weighted by Crippen LogP contribution is 2.29. The molecule has 5 heteroatoms. The molecule has 0 radical (unpaired) electrons. The van der Waals surface area contributed by atoms with Gasteiger partial charge in [-0.3, -0.25) is 4.90 Å². The number of rotatable bonds is 7. The molecule has 1 N–H and O–H groups in total. The van der Waals surface area contributed by atoms with Gasteiger partial charge in [0, 0.05) is 24.0 Å². The molecule has 0 saturated carbocycles. The Hall–Kier alpha value is -0.490. The minimum Gasteiger partial charge on any atom is -0.390 e. The average Bonchev–Trinajstić information content (AvgIpc) is 2.89. The fraction of sp³-hybridized carbons (Fsp3) is 0.833. The van der Waals surface area contributed by atoms with Crippen LogP contribution in [-0.4, -0.2) is 59.2 Å². The molecule has 0 bridgehead atoms. The topological polar surface area (TPSA) is 39.6 Å². The van der Waals surface area contributed by atoms with Crippen LogP contribution >= 0.6 is 11.3 Å². The van der Waals surface area contributed by atoms with Crippen molar-refractivity contribution in [3.8, 4) is 0 Å². The van der Waals surface area contributed by atoms with Crippen molar-refractivity contribution in [1.29, 1.82) is 0 Å². The molecule has 4 nitrogen and oxygen atoms in total. The molecule has 0 aliphatic carbocycles. The van der Waals surface area contributed by atoms with E-state index < -0.39 is 0 Å². The van der Waals surface area contributed by atoms with Gasteiger partial charge in [-0.1, -0.05) is 13.8 Å². The summed E-state index contributed by atoms with van der Waals surface area (Å²) in [5.41, 5.74) is 1.14. The normalized spacial score (nSPS) is 20.1. The maximum atomic E-state index is 10.5.